The first-order valence-corrected chi connectivity index (χ1v) is 7.59. The zero-order valence-corrected chi connectivity index (χ0v) is 13.4. The highest BCUT2D eigenvalue weighted by Gasteiger charge is 2.03. The minimum absolute atomic E-state index is 0.660. The van der Waals surface area contributed by atoms with Gasteiger partial charge in [0, 0.05) is 12.1 Å². The maximum Gasteiger partial charge on any atom is 0.0991 e. The molecule has 0 aliphatic carbocycles. The lowest BCUT2D eigenvalue weighted by Crippen LogP contribution is -2.03. The fourth-order valence-electron chi connectivity index (χ4n) is 2.28. The molecule has 0 spiro atoms. The van der Waals surface area contributed by atoms with Crippen molar-refractivity contribution in [3.8, 4) is 6.07 Å². The van der Waals surface area contributed by atoms with Crippen LogP contribution < -0.4 is 0 Å². The first-order chi connectivity index (χ1) is 11.2. The molecule has 0 bridgehead atoms. The number of aliphatic imine (C=N–C) groups is 1. The third kappa shape index (κ3) is 5.09. The molecule has 0 saturated heterocycles. The van der Waals surface area contributed by atoms with E-state index in [9.17, 15) is 0 Å². The van der Waals surface area contributed by atoms with Crippen molar-refractivity contribution in [3.63, 3.8) is 0 Å². The second kappa shape index (κ2) is 8.51. The molecule has 0 aliphatic rings. The Balaban J connectivity index is 2.20. The second-order valence-electron chi connectivity index (χ2n) is 5.32. The summed E-state index contributed by atoms with van der Waals surface area (Å²) >= 11 is 0. The third-order valence-corrected chi connectivity index (χ3v) is 3.58. The van der Waals surface area contributed by atoms with Gasteiger partial charge in [-0.1, -0.05) is 55.1 Å². The predicted octanol–water partition coefficient (Wildman–Crippen LogP) is 4.79. The molecule has 0 amide bonds. The monoisotopic (exact) mass is 300 g/mol. The summed E-state index contributed by atoms with van der Waals surface area (Å²) in [5.41, 5.74) is 5.18. The predicted molar refractivity (Wildman–Crippen MR) is 96.5 cm³/mol. The van der Waals surface area contributed by atoms with Crippen LogP contribution in [-0.2, 0) is 13.0 Å². The van der Waals surface area contributed by atoms with Gasteiger partial charge in [-0.15, -0.1) is 0 Å². The van der Waals surface area contributed by atoms with Crippen LogP contribution in [0.4, 0.5) is 0 Å². The van der Waals surface area contributed by atoms with Crippen LogP contribution in [0.15, 0.2) is 78.3 Å². The molecule has 2 rings (SSSR count). The highest BCUT2D eigenvalue weighted by Crippen LogP contribution is 2.13. The molecule has 114 valence electrons. The van der Waals surface area contributed by atoms with Crippen molar-refractivity contribution >= 4 is 5.71 Å². The van der Waals surface area contributed by atoms with Gasteiger partial charge in [-0.2, -0.15) is 5.26 Å². The average Bonchev–Trinajstić information content (AvgIpc) is 2.59. The molecule has 2 nitrogen and oxygen atoms in total. The van der Waals surface area contributed by atoms with Crippen molar-refractivity contribution in [2.24, 2.45) is 4.99 Å². The number of benzene rings is 2. The molecule has 0 unspecified atom stereocenters. The van der Waals surface area contributed by atoms with Crippen LogP contribution in [0.5, 0.6) is 0 Å². The zero-order chi connectivity index (χ0) is 16.5. The van der Waals surface area contributed by atoms with Crippen molar-refractivity contribution in [1.82, 2.24) is 0 Å². The number of rotatable bonds is 6. The van der Waals surface area contributed by atoms with Gasteiger partial charge in [-0.3, -0.25) is 4.99 Å². The Kier molecular flexibility index (Phi) is 6.08. The van der Waals surface area contributed by atoms with Crippen molar-refractivity contribution in [3.05, 3.63) is 95.6 Å². The van der Waals surface area contributed by atoms with Crippen LogP contribution in [0.25, 0.3) is 0 Å². The SMILES string of the molecule is C=C/C=C\C(Cc1ccc(C#N)cc1C)=NCc1ccccc1. The van der Waals surface area contributed by atoms with E-state index in [4.69, 9.17) is 10.3 Å². The summed E-state index contributed by atoms with van der Waals surface area (Å²) in [6, 6.07) is 18.2. The Morgan fingerprint density at radius 2 is 2.00 bits per heavy atom. The Labute approximate surface area is 138 Å². The average molecular weight is 300 g/mol. The molecule has 2 heteroatoms. The van der Waals surface area contributed by atoms with E-state index in [0.29, 0.717) is 12.1 Å². The maximum atomic E-state index is 8.97. The highest BCUT2D eigenvalue weighted by atomic mass is 14.7. The molecule has 23 heavy (non-hydrogen) atoms. The normalized spacial score (nSPS) is 11.4. The van der Waals surface area contributed by atoms with Crippen molar-refractivity contribution < 1.29 is 0 Å². The van der Waals surface area contributed by atoms with Gasteiger partial charge in [0.15, 0.2) is 0 Å². The molecule has 0 aliphatic heterocycles. The van der Waals surface area contributed by atoms with Gasteiger partial charge in [0.2, 0.25) is 0 Å². The number of hydrogen-bond acceptors (Lipinski definition) is 2. The molecule has 0 saturated carbocycles. The summed E-state index contributed by atoms with van der Waals surface area (Å²) in [6.07, 6.45) is 6.40. The Bertz CT molecular complexity index is 762. The summed E-state index contributed by atoms with van der Waals surface area (Å²) in [4.78, 5) is 4.73. The number of nitrogens with zero attached hydrogens (tertiary/aromatic N) is 2. The molecule has 0 heterocycles. The van der Waals surface area contributed by atoms with Crippen LogP contribution in [0.1, 0.15) is 22.3 Å². The molecule has 2 aromatic carbocycles. The molecule has 0 atom stereocenters. The number of aryl methyl sites for hydroxylation is 1. The summed E-state index contributed by atoms with van der Waals surface area (Å²) < 4.78 is 0. The number of nitriles is 1. The van der Waals surface area contributed by atoms with Gasteiger partial charge >= 0.3 is 0 Å². The minimum Gasteiger partial charge on any atom is -0.285 e. The zero-order valence-electron chi connectivity index (χ0n) is 13.4. The van der Waals surface area contributed by atoms with Gasteiger partial charge in [0.1, 0.15) is 0 Å². The summed E-state index contributed by atoms with van der Waals surface area (Å²) in [5, 5.41) is 8.97. The lowest BCUT2D eigenvalue weighted by Gasteiger charge is -2.07. The van der Waals surface area contributed by atoms with Crippen LogP contribution in [-0.4, -0.2) is 5.71 Å². The van der Waals surface area contributed by atoms with Crippen LogP contribution in [0.2, 0.25) is 0 Å². The Morgan fingerprint density at radius 3 is 2.65 bits per heavy atom. The van der Waals surface area contributed by atoms with Gasteiger partial charge < -0.3 is 0 Å². The van der Waals surface area contributed by atoms with E-state index < -0.39 is 0 Å². The van der Waals surface area contributed by atoms with E-state index >= 15 is 0 Å². The van der Waals surface area contributed by atoms with Gasteiger partial charge in [-0.05, 0) is 41.8 Å². The summed E-state index contributed by atoms with van der Waals surface area (Å²) in [6.45, 7) is 6.41. The van der Waals surface area contributed by atoms with E-state index in [0.717, 1.165) is 17.7 Å². The Hall–Kier alpha value is -2.92. The molecule has 0 radical (unpaired) electrons. The van der Waals surface area contributed by atoms with Crippen molar-refractivity contribution in [2.45, 2.75) is 19.9 Å². The van der Waals surface area contributed by atoms with Crippen molar-refractivity contribution in [1.29, 1.82) is 5.26 Å². The summed E-state index contributed by atoms with van der Waals surface area (Å²) in [5.74, 6) is 0. The highest BCUT2D eigenvalue weighted by molar-refractivity contribution is 5.96. The quantitative estimate of drug-likeness (QED) is 0.558. The summed E-state index contributed by atoms with van der Waals surface area (Å²) in [7, 11) is 0. The minimum atomic E-state index is 0.660. The lowest BCUT2D eigenvalue weighted by atomic mass is 10.0. The van der Waals surface area contributed by atoms with Gasteiger partial charge in [0.05, 0.1) is 18.2 Å². The van der Waals surface area contributed by atoms with Gasteiger partial charge in [-0.25, -0.2) is 0 Å². The smallest absolute Gasteiger partial charge is 0.0991 e. The largest absolute Gasteiger partial charge is 0.285 e. The van der Waals surface area contributed by atoms with Crippen molar-refractivity contribution in [2.75, 3.05) is 0 Å². The Morgan fingerprint density at radius 1 is 1.22 bits per heavy atom. The maximum absolute atomic E-state index is 8.97. The lowest BCUT2D eigenvalue weighted by molar-refractivity contribution is 1.05. The molecule has 0 N–H and O–H groups in total. The van der Waals surface area contributed by atoms with Crippen LogP contribution in [0, 0.1) is 18.3 Å². The number of hydrogen-bond donors (Lipinski definition) is 0. The molecule has 0 fully saturated rings. The van der Waals surface area contributed by atoms with E-state index in [-0.39, 0.29) is 0 Å². The molecular weight excluding hydrogens is 280 g/mol. The van der Waals surface area contributed by atoms with Crippen LogP contribution in [0.3, 0.4) is 0 Å². The first kappa shape index (κ1) is 16.5. The standard InChI is InChI=1S/C21H20N2/c1-3-4-10-21(23-16-18-8-6-5-7-9-18)14-20-12-11-19(15-22)13-17(20)2/h3-13H,1,14,16H2,2H3/b10-4-,23-21?. The molecular formula is C21H20N2. The van der Waals surface area contributed by atoms with E-state index in [1.807, 2.05) is 55.5 Å². The molecule has 2 aromatic rings. The fourth-order valence-corrected chi connectivity index (χ4v) is 2.28. The molecule has 0 aromatic heterocycles. The fraction of sp³-hybridized carbons (Fsp3) is 0.143. The topological polar surface area (TPSA) is 36.1 Å². The second-order valence-corrected chi connectivity index (χ2v) is 5.32. The van der Waals surface area contributed by atoms with E-state index in [1.165, 1.54) is 11.1 Å². The van der Waals surface area contributed by atoms with Crippen LogP contribution >= 0.6 is 0 Å². The first-order valence-electron chi connectivity index (χ1n) is 7.59. The van der Waals surface area contributed by atoms with E-state index in [2.05, 4.69) is 24.8 Å². The third-order valence-electron chi connectivity index (χ3n) is 3.58. The van der Waals surface area contributed by atoms with E-state index in [1.54, 1.807) is 6.08 Å². The van der Waals surface area contributed by atoms with Gasteiger partial charge in [0.25, 0.3) is 0 Å². The number of allylic oxidation sites excluding steroid dienone is 3.